The molecule has 0 aliphatic carbocycles. The predicted molar refractivity (Wildman–Crippen MR) is 52.1 cm³/mol. The zero-order valence-electron chi connectivity index (χ0n) is 8.32. The highest BCUT2D eigenvalue weighted by atomic mass is 19.2. The van der Waals surface area contributed by atoms with Gasteiger partial charge >= 0.3 is 5.97 Å². The highest BCUT2D eigenvalue weighted by Gasteiger charge is 2.11. The highest BCUT2D eigenvalue weighted by molar-refractivity contribution is 5.72. The molecule has 0 aliphatic rings. The molecule has 0 fully saturated rings. The van der Waals surface area contributed by atoms with E-state index in [4.69, 9.17) is 15.6 Å². The van der Waals surface area contributed by atoms with E-state index < -0.39 is 23.6 Å². The van der Waals surface area contributed by atoms with Gasteiger partial charge in [0.15, 0.2) is 11.6 Å². The van der Waals surface area contributed by atoms with Crippen LogP contribution in [0.5, 0.6) is 5.75 Å². The molecule has 0 aromatic heterocycles. The number of aliphatic carboxylic acids is 1. The first-order chi connectivity index (χ1) is 7.50. The quantitative estimate of drug-likeness (QED) is 0.797. The average Bonchev–Trinajstić information content (AvgIpc) is 2.23. The molecular formula is C10H11F2NO3. The van der Waals surface area contributed by atoms with Crippen molar-refractivity contribution in [2.24, 2.45) is 5.73 Å². The lowest BCUT2D eigenvalue weighted by Gasteiger charge is -2.08. The molecule has 0 amide bonds. The Kier molecular flexibility index (Phi) is 4.19. The molecule has 0 bridgehead atoms. The van der Waals surface area contributed by atoms with E-state index in [-0.39, 0.29) is 18.8 Å². The fourth-order valence-corrected chi connectivity index (χ4v) is 0.994. The number of ether oxygens (including phenoxy) is 1. The van der Waals surface area contributed by atoms with Crippen molar-refractivity contribution in [3.05, 3.63) is 29.8 Å². The molecule has 4 nitrogen and oxygen atoms in total. The number of halogens is 2. The number of nitrogens with two attached hydrogens (primary N) is 1. The summed E-state index contributed by atoms with van der Waals surface area (Å²) in [5.41, 5.74) is 5.22. The van der Waals surface area contributed by atoms with E-state index in [9.17, 15) is 13.6 Å². The number of rotatable bonds is 5. The van der Waals surface area contributed by atoms with Crippen molar-refractivity contribution in [2.75, 3.05) is 6.61 Å². The van der Waals surface area contributed by atoms with Gasteiger partial charge in [0.1, 0.15) is 11.8 Å². The Bertz CT molecular complexity index is 384. The van der Waals surface area contributed by atoms with E-state index in [2.05, 4.69) is 0 Å². The maximum Gasteiger partial charge on any atom is 0.320 e. The number of carbonyl (C=O) groups is 1. The van der Waals surface area contributed by atoms with Crippen LogP contribution < -0.4 is 10.5 Å². The summed E-state index contributed by atoms with van der Waals surface area (Å²) in [6.45, 7) is 0.0263. The van der Waals surface area contributed by atoms with Crippen LogP contribution in [-0.4, -0.2) is 23.7 Å². The predicted octanol–water partition coefficient (Wildman–Crippen LogP) is 1.15. The molecule has 0 radical (unpaired) electrons. The molecule has 1 rings (SSSR count). The Labute approximate surface area is 90.6 Å². The van der Waals surface area contributed by atoms with Crippen LogP contribution in [0.2, 0.25) is 0 Å². The fourth-order valence-electron chi connectivity index (χ4n) is 0.994. The van der Waals surface area contributed by atoms with E-state index >= 15 is 0 Å². The second-order valence-electron chi connectivity index (χ2n) is 3.16. The monoisotopic (exact) mass is 231 g/mol. The Morgan fingerprint density at radius 2 is 2.12 bits per heavy atom. The molecule has 16 heavy (non-hydrogen) atoms. The molecule has 0 aliphatic heterocycles. The van der Waals surface area contributed by atoms with Crippen molar-refractivity contribution in [3.63, 3.8) is 0 Å². The Morgan fingerprint density at radius 1 is 1.44 bits per heavy atom. The summed E-state index contributed by atoms with van der Waals surface area (Å²) in [5.74, 6) is -2.97. The maximum atomic E-state index is 12.7. The zero-order chi connectivity index (χ0) is 12.1. The number of hydrogen-bond donors (Lipinski definition) is 2. The normalized spacial score (nSPS) is 12.2. The summed E-state index contributed by atoms with van der Waals surface area (Å²) in [4.78, 5) is 10.4. The SMILES string of the molecule is NC(CCOc1ccc(F)c(F)c1)C(=O)O. The largest absolute Gasteiger partial charge is 0.493 e. The average molecular weight is 231 g/mol. The zero-order valence-corrected chi connectivity index (χ0v) is 8.32. The second-order valence-corrected chi connectivity index (χ2v) is 3.16. The standard InChI is InChI=1S/C10H11F2NO3/c11-7-2-1-6(5-8(7)12)16-4-3-9(13)10(14)15/h1-2,5,9H,3-4,13H2,(H,14,15). The van der Waals surface area contributed by atoms with Gasteiger partial charge in [0.2, 0.25) is 0 Å². The minimum Gasteiger partial charge on any atom is -0.493 e. The van der Waals surface area contributed by atoms with Crippen molar-refractivity contribution in [3.8, 4) is 5.75 Å². The number of benzene rings is 1. The van der Waals surface area contributed by atoms with Gasteiger partial charge in [-0.25, -0.2) is 8.78 Å². The lowest BCUT2D eigenvalue weighted by molar-refractivity contribution is -0.138. The molecule has 0 saturated heterocycles. The Balaban J connectivity index is 2.43. The first kappa shape index (κ1) is 12.4. The second kappa shape index (κ2) is 5.41. The van der Waals surface area contributed by atoms with E-state index in [1.165, 1.54) is 6.07 Å². The van der Waals surface area contributed by atoms with Gasteiger partial charge in [-0.2, -0.15) is 0 Å². The van der Waals surface area contributed by atoms with Crippen LogP contribution >= 0.6 is 0 Å². The van der Waals surface area contributed by atoms with Gasteiger partial charge in [-0.05, 0) is 12.1 Å². The molecule has 1 aromatic rings. The molecule has 1 atom stereocenters. The van der Waals surface area contributed by atoms with Gasteiger partial charge < -0.3 is 15.6 Å². The van der Waals surface area contributed by atoms with Crippen LogP contribution in [0.25, 0.3) is 0 Å². The van der Waals surface area contributed by atoms with Gasteiger partial charge in [-0.15, -0.1) is 0 Å². The van der Waals surface area contributed by atoms with Gasteiger partial charge in [0, 0.05) is 12.5 Å². The molecule has 1 aromatic carbocycles. The third-order valence-corrected chi connectivity index (χ3v) is 1.91. The number of hydrogen-bond acceptors (Lipinski definition) is 3. The van der Waals surface area contributed by atoms with Gasteiger partial charge in [0.05, 0.1) is 6.61 Å². The van der Waals surface area contributed by atoms with Crippen molar-refractivity contribution >= 4 is 5.97 Å². The molecule has 0 spiro atoms. The molecule has 1 unspecified atom stereocenters. The van der Waals surface area contributed by atoms with Crippen LogP contribution in [0, 0.1) is 11.6 Å². The third-order valence-electron chi connectivity index (χ3n) is 1.91. The topological polar surface area (TPSA) is 72.5 Å². The summed E-state index contributed by atoms with van der Waals surface area (Å²) in [6.07, 6.45) is 0.0916. The minimum atomic E-state index is -1.13. The fraction of sp³-hybridized carbons (Fsp3) is 0.300. The van der Waals surface area contributed by atoms with E-state index in [1.54, 1.807) is 0 Å². The van der Waals surface area contributed by atoms with Crippen LogP contribution in [-0.2, 0) is 4.79 Å². The van der Waals surface area contributed by atoms with Crippen LogP contribution in [0.4, 0.5) is 8.78 Å². The summed E-state index contributed by atoms with van der Waals surface area (Å²) in [6, 6.07) is 2.05. The van der Waals surface area contributed by atoms with Crippen LogP contribution in [0.3, 0.4) is 0 Å². The first-order valence-corrected chi connectivity index (χ1v) is 4.57. The van der Waals surface area contributed by atoms with Crippen LogP contribution in [0.1, 0.15) is 6.42 Å². The Morgan fingerprint density at radius 3 is 2.69 bits per heavy atom. The van der Waals surface area contributed by atoms with Gasteiger partial charge in [-0.3, -0.25) is 4.79 Å². The van der Waals surface area contributed by atoms with Gasteiger partial charge in [0.25, 0.3) is 0 Å². The van der Waals surface area contributed by atoms with Crippen molar-refractivity contribution in [2.45, 2.75) is 12.5 Å². The summed E-state index contributed by atoms with van der Waals surface area (Å²) >= 11 is 0. The smallest absolute Gasteiger partial charge is 0.320 e. The molecule has 0 heterocycles. The summed E-state index contributed by atoms with van der Waals surface area (Å²) in [7, 11) is 0. The summed E-state index contributed by atoms with van der Waals surface area (Å²) < 4.78 is 30.3. The highest BCUT2D eigenvalue weighted by Crippen LogP contribution is 2.15. The minimum absolute atomic E-state index is 0.0263. The van der Waals surface area contributed by atoms with Crippen molar-refractivity contribution in [1.29, 1.82) is 0 Å². The first-order valence-electron chi connectivity index (χ1n) is 4.57. The third kappa shape index (κ3) is 3.47. The summed E-state index contributed by atoms with van der Waals surface area (Å²) in [5, 5.41) is 8.47. The maximum absolute atomic E-state index is 12.7. The van der Waals surface area contributed by atoms with E-state index in [1.807, 2.05) is 0 Å². The molecule has 0 saturated carbocycles. The van der Waals surface area contributed by atoms with E-state index in [0.29, 0.717) is 0 Å². The molecular weight excluding hydrogens is 220 g/mol. The molecule has 88 valence electrons. The molecule has 6 heteroatoms. The van der Waals surface area contributed by atoms with Crippen molar-refractivity contribution < 1.29 is 23.4 Å². The number of carboxylic acids is 1. The molecule has 3 N–H and O–H groups in total. The lowest BCUT2D eigenvalue weighted by Crippen LogP contribution is -2.31. The van der Waals surface area contributed by atoms with Gasteiger partial charge in [-0.1, -0.05) is 0 Å². The van der Waals surface area contributed by atoms with E-state index in [0.717, 1.165) is 12.1 Å². The van der Waals surface area contributed by atoms with Crippen LogP contribution in [0.15, 0.2) is 18.2 Å². The number of carboxylic acid groups (broad SMARTS) is 1. The lowest BCUT2D eigenvalue weighted by atomic mass is 10.2. The van der Waals surface area contributed by atoms with Crippen molar-refractivity contribution in [1.82, 2.24) is 0 Å². The Hall–Kier alpha value is -1.69.